The van der Waals surface area contributed by atoms with Crippen molar-refractivity contribution in [1.82, 2.24) is 10.3 Å². The normalized spacial score (nSPS) is 11.8. The SMILES string of the molecule is CC(C)CNC/C=C/c1ccc(Br)c2cccnc12. The molecule has 0 atom stereocenters. The summed E-state index contributed by atoms with van der Waals surface area (Å²) < 4.78 is 1.09. The van der Waals surface area contributed by atoms with Gasteiger partial charge in [0.25, 0.3) is 0 Å². The van der Waals surface area contributed by atoms with Gasteiger partial charge in [-0.1, -0.05) is 54.1 Å². The van der Waals surface area contributed by atoms with Gasteiger partial charge in [0.1, 0.15) is 0 Å². The van der Waals surface area contributed by atoms with E-state index in [9.17, 15) is 0 Å². The van der Waals surface area contributed by atoms with Crippen LogP contribution in [0.4, 0.5) is 0 Å². The number of halogens is 1. The lowest BCUT2D eigenvalue weighted by Gasteiger charge is -2.05. The van der Waals surface area contributed by atoms with Crippen LogP contribution in [0.5, 0.6) is 0 Å². The second-order valence-electron chi connectivity index (χ2n) is 4.99. The number of rotatable bonds is 5. The summed E-state index contributed by atoms with van der Waals surface area (Å²) in [5.41, 5.74) is 2.20. The van der Waals surface area contributed by atoms with Crippen LogP contribution in [0.2, 0.25) is 0 Å². The van der Waals surface area contributed by atoms with Gasteiger partial charge in [-0.3, -0.25) is 4.98 Å². The van der Waals surface area contributed by atoms with E-state index in [0.717, 1.165) is 34.0 Å². The highest BCUT2D eigenvalue weighted by Crippen LogP contribution is 2.25. The molecule has 0 amide bonds. The van der Waals surface area contributed by atoms with E-state index in [4.69, 9.17) is 0 Å². The first-order valence-corrected chi connectivity index (χ1v) is 7.38. The maximum Gasteiger partial charge on any atom is 0.0785 e. The lowest BCUT2D eigenvalue weighted by atomic mass is 10.1. The molecule has 0 saturated heterocycles. The van der Waals surface area contributed by atoms with E-state index in [0.29, 0.717) is 5.92 Å². The van der Waals surface area contributed by atoms with E-state index in [2.05, 4.69) is 70.4 Å². The largest absolute Gasteiger partial charge is 0.313 e. The lowest BCUT2D eigenvalue weighted by molar-refractivity contribution is 0.577. The third-order valence-corrected chi connectivity index (χ3v) is 3.55. The van der Waals surface area contributed by atoms with Crippen LogP contribution in [0, 0.1) is 5.92 Å². The number of hydrogen-bond donors (Lipinski definition) is 1. The van der Waals surface area contributed by atoms with Crippen LogP contribution >= 0.6 is 15.9 Å². The first-order chi connectivity index (χ1) is 9.18. The van der Waals surface area contributed by atoms with Crippen molar-refractivity contribution in [2.45, 2.75) is 13.8 Å². The van der Waals surface area contributed by atoms with Crippen LogP contribution in [0.3, 0.4) is 0 Å². The van der Waals surface area contributed by atoms with E-state index in [1.165, 1.54) is 0 Å². The van der Waals surface area contributed by atoms with Gasteiger partial charge in [0.15, 0.2) is 0 Å². The molecule has 2 nitrogen and oxygen atoms in total. The highest BCUT2D eigenvalue weighted by molar-refractivity contribution is 9.10. The molecule has 0 spiro atoms. The van der Waals surface area contributed by atoms with Gasteiger partial charge in [0.2, 0.25) is 0 Å². The van der Waals surface area contributed by atoms with Crippen LogP contribution in [0.25, 0.3) is 17.0 Å². The summed E-state index contributed by atoms with van der Waals surface area (Å²) in [5.74, 6) is 0.684. The van der Waals surface area contributed by atoms with Crippen molar-refractivity contribution in [3.05, 3.63) is 46.6 Å². The molecule has 2 aromatic rings. The third-order valence-electron chi connectivity index (χ3n) is 2.86. The second-order valence-corrected chi connectivity index (χ2v) is 5.84. The smallest absolute Gasteiger partial charge is 0.0785 e. The molecule has 1 aromatic carbocycles. The van der Waals surface area contributed by atoms with Gasteiger partial charge in [-0.15, -0.1) is 0 Å². The average molecular weight is 319 g/mol. The van der Waals surface area contributed by atoms with Crippen molar-refractivity contribution in [1.29, 1.82) is 0 Å². The van der Waals surface area contributed by atoms with Gasteiger partial charge >= 0.3 is 0 Å². The summed E-state index contributed by atoms with van der Waals surface area (Å²) in [6.07, 6.45) is 6.12. The number of aromatic nitrogens is 1. The molecule has 19 heavy (non-hydrogen) atoms. The summed E-state index contributed by atoms with van der Waals surface area (Å²) in [6.45, 7) is 6.36. The first-order valence-electron chi connectivity index (χ1n) is 6.59. The van der Waals surface area contributed by atoms with E-state index in [1.54, 1.807) is 0 Å². The molecular weight excluding hydrogens is 300 g/mol. The second kappa shape index (κ2) is 6.83. The Labute approximate surface area is 123 Å². The summed E-state index contributed by atoms with van der Waals surface area (Å²) >= 11 is 3.56. The number of pyridine rings is 1. The molecule has 0 saturated carbocycles. The Morgan fingerprint density at radius 2 is 2.16 bits per heavy atom. The predicted molar refractivity (Wildman–Crippen MR) is 86.2 cm³/mol. The standard InChI is InChI=1S/C16H19BrN2/c1-12(2)11-18-9-3-5-13-7-8-15(17)14-6-4-10-19-16(13)14/h3-8,10,12,18H,9,11H2,1-2H3/b5-3+. The Morgan fingerprint density at radius 1 is 1.32 bits per heavy atom. The van der Waals surface area contributed by atoms with Crippen molar-refractivity contribution in [2.75, 3.05) is 13.1 Å². The molecule has 3 heteroatoms. The van der Waals surface area contributed by atoms with Crippen molar-refractivity contribution >= 4 is 32.9 Å². The van der Waals surface area contributed by atoms with Gasteiger partial charge in [-0.2, -0.15) is 0 Å². The number of benzene rings is 1. The molecule has 1 aromatic heterocycles. The van der Waals surface area contributed by atoms with Crippen molar-refractivity contribution in [3.8, 4) is 0 Å². The Bertz CT molecular complexity index is 576. The molecule has 1 N–H and O–H groups in total. The molecule has 0 radical (unpaired) electrons. The molecule has 2 rings (SSSR count). The van der Waals surface area contributed by atoms with Crippen LogP contribution in [-0.2, 0) is 0 Å². The van der Waals surface area contributed by atoms with Gasteiger partial charge in [0.05, 0.1) is 5.52 Å². The van der Waals surface area contributed by atoms with Crippen LogP contribution in [0.1, 0.15) is 19.4 Å². The minimum atomic E-state index is 0.684. The number of nitrogens with one attached hydrogen (secondary N) is 1. The zero-order valence-corrected chi connectivity index (χ0v) is 12.9. The monoisotopic (exact) mass is 318 g/mol. The van der Waals surface area contributed by atoms with Gasteiger partial charge in [-0.05, 0) is 24.6 Å². The van der Waals surface area contributed by atoms with Crippen LogP contribution in [-0.4, -0.2) is 18.1 Å². The quantitative estimate of drug-likeness (QED) is 0.833. The van der Waals surface area contributed by atoms with E-state index in [-0.39, 0.29) is 0 Å². The highest BCUT2D eigenvalue weighted by atomic mass is 79.9. The van der Waals surface area contributed by atoms with Crippen LogP contribution in [0.15, 0.2) is 41.0 Å². The predicted octanol–water partition coefficient (Wildman–Crippen LogP) is 4.26. The van der Waals surface area contributed by atoms with E-state index < -0.39 is 0 Å². The summed E-state index contributed by atoms with van der Waals surface area (Å²) in [4.78, 5) is 4.47. The fourth-order valence-electron chi connectivity index (χ4n) is 1.94. The maximum absolute atomic E-state index is 4.47. The van der Waals surface area contributed by atoms with Gasteiger partial charge in [0, 0.05) is 28.2 Å². The Balaban J connectivity index is 2.13. The Morgan fingerprint density at radius 3 is 2.95 bits per heavy atom. The first kappa shape index (κ1) is 14.2. The zero-order chi connectivity index (χ0) is 13.7. The topological polar surface area (TPSA) is 24.9 Å². The Hall–Kier alpha value is -1.19. The van der Waals surface area contributed by atoms with E-state index >= 15 is 0 Å². The summed E-state index contributed by atoms with van der Waals surface area (Å²) in [7, 11) is 0. The van der Waals surface area contributed by atoms with Crippen molar-refractivity contribution < 1.29 is 0 Å². The Kier molecular flexibility index (Phi) is 5.11. The molecule has 0 aliphatic heterocycles. The lowest BCUT2D eigenvalue weighted by Crippen LogP contribution is -2.19. The van der Waals surface area contributed by atoms with Crippen molar-refractivity contribution in [3.63, 3.8) is 0 Å². The molecule has 0 aliphatic rings. The van der Waals surface area contributed by atoms with Gasteiger partial charge < -0.3 is 5.32 Å². The highest BCUT2D eigenvalue weighted by Gasteiger charge is 2.02. The zero-order valence-electron chi connectivity index (χ0n) is 11.4. The summed E-state index contributed by atoms with van der Waals surface area (Å²) in [5, 5.41) is 4.55. The van der Waals surface area contributed by atoms with Crippen molar-refractivity contribution in [2.24, 2.45) is 5.92 Å². The number of nitrogens with zero attached hydrogens (tertiary/aromatic N) is 1. The number of hydrogen-bond acceptors (Lipinski definition) is 2. The van der Waals surface area contributed by atoms with Gasteiger partial charge in [-0.25, -0.2) is 0 Å². The minimum absolute atomic E-state index is 0.684. The van der Waals surface area contributed by atoms with E-state index in [1.807, 2.05) is 12.3 Å². The average Bonchev–Trinajstić information content (AvgIpc) is 2.41. The minimum Gasteiger partial charge on any atom is -0.313 e. The maximum atomic E-state index is 4.47. The molecular formula is C16H19BrN2. The molecule has 0 aliphatic carbocycles. The fourth-order valence-corrected chi connectivity index (χ4v) is 2.39. The number of fused-ring (bicyclic) bond motifs is 1. The molecule has 0 fully saturated rings. The molecule has 0 unspecified atom stereocenters. The summed E-state index contributed by atoms with van der Waals surface area (Å²) in [6, 6.07) is 8.22. The molecule has 0 bridgehead atoms. The molecule has 100 valence electrons. The van der Waals surface area contributed by atoms with Crippen LogP contribution < -0.4 is 5.32 Å². The fraction of sp³-hybridized carbons (Fsp3) is 0.312. The third kappa shape index (κ3) is 3.88. The molecule has 1 heterocycles.